The normalized spacial score (nSPS) is 35.3. The SMILES string of the molecule is CN1CCC(C(=O)N(C)C2CC3CCC(C2)N3)CC1=O.Cl. The first kappa shape index (κ1) is 16.6. The van der Waals surface area contributed by atoms with Crippen LogP contribution in [0.1, 0.15) is 38.5 Å². The molecule has 3 unspecified atom stereocenters. The minimum absolute atomic E-state index is 0. The quantitative estimate of drug-likeness (QED) is 0.828. The molecule has 21 heavy (non-hydrogen) atoms. The van der Waals surface area contributed by atoms with E-state index in [-0.39, 0.29) is 30.1 Å². The van der Waals surface area contributed by atoms with Gasteiger partial charge in [0.05, 0.1) is 0 Å². The highest BCUT2D eigenvalue weighted by Gasteiger charge is 2.38. The third-order valence-corrected chi connectivity index (χ3v) is 5.35. The topological polar surface area (TPSA) is 52.7 Å². The summed E-state index contributed by atoms with van der Waals surface area (Å²) in [4.78, 5) is 28.1. The van der Waals surface area contributed by atoms with Crippen LogP contribution < -0.4 is 5.32 Å². The van der Waals surface area contributed by atoms with Crippen molar-refractivity contribution >= 4 is 24.2 Å². The summed E-state index contributed by atoms with van der Waals surface area (Å²) in [5.74, 6) is 0.183. The molecule has 3 atom stereocenters. The van der Waals surface area contributed by atoms with Crippen molar-refractivity contribution in [2.24, 2.45) is 5.92 Å². The van der Waals surface area contributed by atoms with Crippen LogP contribution in [0.4, 0.5) is 0 Å². The van der Waals surface area contributed by atoms with Gasteiger partial charge in [-0.3, -0.25) is 9.59 Å². The lowest BCUT2D eigenvalue weighted by atomic mass is 9.92. The molecule has 3 rings (SSSR count). The van der Waals surface area contributed by atoms with E-state index >= 15 is 0 Å². The second-order valence-corrected chi connectivity index (χ2v) is 6.72. The Balaban J connectivity index is 0.00000161. The van der Waals surface area contributed by atoms with Gasteiger partial charge >= 0.3 is 0 Å². The van der Waals surface area contributed by atoms with Crippen molar-refractivity contribution in [3.05, 3.63) is 0 Å². The smallest absolute Gasteiger partial charge is 0.226 e. The number of carbonyl (C=O) groups is 2. The van der Waals surface area contributed by atoms with Gasteiger partial charge in [0.15, 0.2) is 0 Å². The van der Waals surface area contributed by atoms with Crippen LogP contribution in [0.15, 0.2) is 0 Å². The second-order valence-electron chi connectivity index (χ2n) is 6.72. The third kappa shape index (κ3) is 3.34. The maximum Gasteiger partial charge on any atom is 0.226 e. The van der Waals surface area contributed by atoms with Crippen molar-refractivity contribution in [1.29, 1.82) is 0 Å². The number of hydrogen-bond acceptors (Lipinski definition) is 3. The molecule has 0 aromatic heterocycles. The van der Waals surface area contributed by atoms with Gasteiger partial charge in [0.2, 0.25) is 11.8 Å². The number of amides is 2. The number of piperidine rings is 2. The predicted molar refractivity (Wildman–Crippen MR) is 83.3 cm³/mol. The van der Waals surface area contributed by atoms with E-state index in [4.69, 9.17) is 0 Å². The van der Waals surface area contributed by atoms with Crippen molar-refractivity contribution in [2.45, 2.75) is 56.7 Å². The number of likely N-dealkylation sites (tertiary alicyclic amines) is 1. The van der Waals surface area contributed by atoms with Crippen molar-refractivity contribution in [3.63, 3.8) is 0 Å². The Bertz CT molecular complexity index is 406. The van der Waals surface area contributed by atoms with Crippen LogP contribution in [0, 0.1) is 5.92 Å². The zero-order valence-corrected chi connectivity index (χ0v) is 13.7. The zero-order chi connectivity index (χ0) is 14.3. The lowest BCUT2D eigenvalue weighted by molar-refractivity contribution is -0.145. The molecule has 1 N–H and O–H groups in total. The molecule has 2 amide bonds. The molecular formula is C15H26ClN3O2. The Morgan fingerprint density at radius 3 is 2.43 bits per heavy atom. The number of hydrogen-bond donors (Lipinski definition) is 1. The summed E-state index contributed by atoms with van der Waals surface area (Å²) in [5, 5.41) is 3.61. The lowest BCUT2D eigenvalue weighted by Crippen LogP contribution is -2.51. The molecule has 6 heteroatoms. The number of rotatable bonds is 2. The molecule has 3 aliphatic heterocycles. The molecule has 0 aliphatic carbocycles. The molecule has 0 aromatic carbocycles. The first-order valence-electron chi connectivity index (χ1n) is 7.81. The number of nitrogens with zero attached hydrogens (tertiary/aromatic N) is 2. The molecule has 3 aliphatic rings. The van der Waals surface area contributed by atoms with Gasteiger partial charge in [-0.1, -0.05) is 0 Å². The van der Waals surface area contributed by atoms with E-state index in [0.717, 1.165) is 19.3 Å². The molecule has 3 fully saturated rings. The average Bonchev–Trinajstić information content (AvgIpc) is 2.79. The highest BCUT2D eigenvalue weighted by molar-refractivity contribution is 5.87. The molecule has 0 spiro atoms. The zero-order valence-electron chi connectivity index (χ0n) is 12.9. The fourth-order valence-corrected chi connectivity index (χ4v) is 3.97. The molecule has 2 bridgehead atoms. The number of carbonyl (C=O) groups excluding carboxylic acids is 2. The van der Waals surface area contributed by atoms with Crippen LogP contribution in [-0.2, 0) is 9.59 Å². The lowest BCUT2D eigenvalue weighted by Gasteiger charge is -2.38. The minimum atomic E-state index is -0.101. The van der Waals surface area contributed by atoms with Crippen molar-refractivity contribution in [3.8, 4) is 0 Å². The summed E-state index contributed by atoms with van der Waals surface area (Å²) >= 11 is 0. The monoisotopic (exact) mass is 315 g/mol. The molecule has 0 radical (unpaired) electrons. The third-order valence-electron chi connectivity index (χ3n) is 5.35. The van der Waals surface area contributed by atoms with E-state index in [1.165, 1.54) is 12.8 Å². The number of fused-ring (bicyclic) bond motifs is 2. The maximum absolute atomic E-state index is 12.6. The first-order chi connectivity index (χ1) is 9.54. The second kappa shape index (κ2) is 6.53. The predicted octanol–water partition coefficient (Wildman–Crippen LogP) is 1.02. The number of halogens is 1. The van der Waals surface area contributed by atoms with E-state index in [9.17, 15) is 9.59 Å². The Morgan fingerprint density at radius 2 is 1.86 bits per heavy atom. The summed E-state index contributed by atoms with van der Waals surface area (Å²) in [5.41, 5.74) is 0. The number of nitrogens with one attached hydrogen (secondary N) is 1. The van der Waals surface area contributed by atoms with Gasteiger partial charge in [-0.25, -0.2) is 0 Å². The van der Waals surface area contributed by atoms with E-state index in [2.05, 4.69) is 5.32 Å². The molecule has 3 heterocycles. The first-order valence-corrected chi connectivity index (χ1v) is 7.81. The molecular weight excluding hydrogens is 290 g/mol. The standard InChI is InChI=1S/C15H25N3O2.ClH/c1-17-6-5-10(7-14(17)19)15(20)18(2)13-8-11-3-4-12(9-13)16-11;/h10-13,16H,3-9H2,1-2H3;1H. The fourth-order valence-electron chi connectivity index (χ4n) is 3.97. The highest BCUT2D eigenvalue weighted by atomic mass is 35.5. The summed E-state index contributed by atoms with van der Waals surface area (Å²) in [6.07, 6.45) is 5.82. The van der Waals surface area contributed by atoms with Gasteiger partial charge in [0, 0.05) is 51.1 Å². The maximum atomic E-state index is 12.6. The summed E-state index contributed by atoms with van der Waals surface area (Å²) in [6.45, 7) is 0.709. The molecule has 3 saturated heterocycles. The molecule has 5 nitrogen and oxygen atoms in total. The fraction of sp³-hybridized carbons (Fsp3) is 0.867. The van der Waals surface area contributed by atoms with Crippen molar-refractivity contribution < 1.29 is 9.59 Å². The van der Waals surface area contributed by atoms with Gasteiger partial charge in [-0.15, -0.1) is 12.4 Å². The van der Waals surface area contributed by atoms with Crippen molar-refractivity contribution in [2.75, 3.05) is 20.6 Å². The van der Waals surface area contributed by atoms with Gasteiger partial charge in [-0.05, 0) is 32.1 Å². The van der Waals surface area contributed by atoms with Gasteiger partial charge in [0.25, 0.3) is 0 Å². The summed E-state index contributed by atoms with van der Waals surface area (Å²) in [6, 6.07) is 1.54. The van der Waals surface area contributed by atoms with Crippen LogP contribution in [0.5, 0.6) is 0 Å². The molecule has 0 aromatic rings. The average molecular weight is 316 g/mol. The summed E-state index contributed by atoms with van der Waals surface area (Å²) in [7, 11) is 3.75. The van der Waals surface area contributed by atoms with Crippen LogP contribution in [0.25, 0.3) is 0 Å². The van der Waals surface area contributed by atoms with Crippen LogP contribution in [0.2, 0.25) is 0 Å². The molecule has 0 saturated carbocycles. The van der Waals surface area contributed by atoms with E-state index < -0.39 is 0 Å². The summed E-state index contributed by atoms with van der Waals surface area (Å²) < 4.78 is 0. The van der Waals surface area contributed by atoms with E-state index in [0.29, 0.717) is 31.1 Å². The molecule has 120 valence electrons. The van der Waals surface area contributed by atoms with Crippen molar-refractivity contribution in [1.82, 2.24) is 15.1 Å². The largest absolute Gasteiger partial charge is 0.346 e. The van der Waals surface area contributed by atoms with E-state index in [1.807, 2.05) is 19.0 Å². The van der Waals surface area contributed by atoms with Gasteiger partial charge in [0.1, 0.15) is 0 Å². The van der Waals surface area contributed by atoms with Gasteiger partial charge in [-0.2, -0.15) is 0 Å². The van der Waals surface area contributed by atoms with Crippen LogP contribution in [0.3, 0.4) is 0 Å². The Labute approximate surface area is 132 Å². The Hall–Kier alpha value is -0.810. The van der Waals surface area contributed by atoms with Crippen LogP contribution >= 0.6 is 12.4 Å². The highest BCUT2D eigenvalue weighted by Crippen LogP contribution is 2.30. The van der Waals surface area contributed by atoms with Gasteiger partial charge < -0.3 is 15.1 Å². The minimum Gasteiger partial charge on any atom is -0.346 e. The van der Waals surface area contributed by atoms with E-state index in [1.54, 1.807) is 4.90 Å². The Morgan fingerprint density at radius 1 is 1.24 bits per heavy atom. The Kier molecular flexibility index (Phi) is 5.15. The van der Waals surface area contributed by atoms with Crippen LogP contribution in [-0.4, -0.2) is 60.4 Å².